The van der Waals surface area contributed by atoms with E-state index in [-0.39, 0.29) is 23.8 Å². The van der Waals surface area contributed by atoms with Gasteiger partial charge in [-0.05, 0) is 30.5 Å². The number of benzene rings is 1. The summed E-state index contributed by atoms with van der Waals surface area (Å²) in [5.41, 5.74) is 5.78. The summed E-state index contributed by atoms with van der Waals surface area (Å²) in [6, 6.07) is 3.87. The molecule has 8 nitrogen and oxygen atoms in total. The maximum Gasteiger partial charge on any atom is 0.269 e. The van der Waals surface area contributed by atoms with Crippen molar-refractivity contribution in [2.45, 2.75) is 25.3 Å². The van der Waals surface area contributed by atoms with Crippen LogP contribution in [0.4, 0.5) is 8.78 Å². The number of hydrazone groups is 1. The summed E-state index contributed by atoms with van der Waals surface area (Å²) in [4.78, 5) is 31.4. The highest BCUT2D eigenvalue weighted by atomic mass is 19.1. The monoisotopic (exact) mass is 415 g/mol. The van der Waals surface area contributed by atoms with Crippen LogP contribution in [0.1, 0.15) is 41.4 Å². The Morgan fingerprint density at radius 2 is 1.93 bits per heavy atom. The normalized spacial score (nSPS) is 15.3. The molecule has 0 radical (unpaired) electrons. The van der Waals surface area contributed by atoms with Crippen LogP contribution >= 0.6 is 0 Å². The molecule has 2 N–H and O–H groups in total. The molecule has 1 aliphatic rings. The number of nitrogens with two attached hydrogens (primary N) is 1. The van der Waals surface area contributed by atoms with Gasteiger partial charge in [0.15, 0.2) is 0 Å². The zero-order valence-corrected chi connectivity index (χ0v) is 15.9. The van der Waals surface area contributed by atoms with Crippen molar-refractivity contribution >= 4 is 18.0 Å². The van der Waals surface area contributed by atoms with Gasteiger partial charge < -0.3 is 10.5 Å². The van der Waals surface area contributed by atoms with Gasteiger partial charge >= 0.3 is 0 Å². The molecule has 0 aliphatic carbocycles. The molecular formula is C20H19F2N5O3. The van der Waals surface area contributed by atoms with Gasteiger partial charge in [0.25, 0.3) is 11.8 Å². The van der Waals surface area contributed by atoms with E-state index in [1.165, 1.54) is 35.7 Å². The molecule has 1 unspecified atom stereocenters. The van der Waals surface area contributed by atoms with E-state index in [2.05, 4.69) is 21.6 Å². The van der Waals surface area contributed by atoms with Gasteiger partial charge in [0, 0.05) is 30.3 Å². The lowest BCUT2D eigenvalue weighted by molar-refractivity contribution is -0.129. The highest BCUT2D eigenvalue weighted by molar-refractivity contribution is 5.94. The van der Waals surface area contributed by atoms with Crippen molar-refractivity contribution in [3.63, 3.8) is 0 Å². The number of aromatic nitrogens is 2. The molecule has 1 atom stereocenters. The molecule has 0 spiro atoms. The van der Waals surface area contributed by atoms with E-state index in [4.69, 9.17) is 10.5 Å². The molecule has 0 saturated heterocycles. The van der Waals surface area contributed by atoms with Gasteiger partial charge in [-0.25, -0.2) is 23.8 Å². The molecule has 1 aromatic heterocycles. The maximum absolute atomic E-state index is 13.5. The Hall–Kier alpha value is -3.69. The molecule has 2 aromatic rings. The highest BCUT2D eigenvalue weighted by Gasteiger charge is 2.30. The van der Waals surface area contributed by atoms with E-state index in [1.54, 1.807) is 0 Å². The second-order valence-corrected chi connectivity index (χ2v) is 6.56. The van der Waals surface area contributed by atoms with Gasteiger partial charge in [-0.15, -0.1) is 0 Å². The van der Waals surface area contributed by atoms with Crippen LogP contribution in [0.3, 0.4) is 0 Å². The van der Waals surface area contributed by atoms with Gasteiger partial charge in [-0.1, -0.05) is 6.58 Å². The van der Waals surface area contributed by atoms with Gasteiger partial charge in [0.05, 0.1) is 12.6 Å². The summed E-state index contributed by atoms with van der Waals surface area (Å²) in [7, 11) is 0. The van der Waals surface area contributed by atoms with Crippen molar-refractivity contribution in [3.8, 4) is 5.88 Å². The van der Waals surface area contributed by atoms with Crippen LogP contribution in [-0.4, -0.2) is 39.6 Å². The van der Waals surface area contributed by atoms with Crippen LogP contribution in [0.15, 0.2) is 47.8 Å². The molecule has 10 heteroatoms. The summed E-state index contributed by atoms with van der Waals surface area (Å²) >= 11 is 0. The van der Waals surface area contributed by atoms with Crippen molar-refractivity contribution < 1.29 is 23.1 Å². The van der Waals surface area contributed by atoms with E-state index in [0.717, 1.165) is 6.07 Å². The number of halogens is 2. The molecule has 0 saturated carbocycles. The second-order valence-electron chi connectivity index (χ2n) is 6.56. The Labute approximate surface area is 171 Å². The van der Waals surface area contributed by atoms with E-state index < -0.39 is 29.5 Å². The molecule has 30 heavy (non-hydrogen) atoms. The average molecular weight is 415 g/mol. The van der Waals surface area contributed by atoms with Crippen LogP contribution in [0.25, 0.3) is 0 Å². The predicted molar refractivity (Wildman–Crippen MR) is 103 cm³/mol. The van der Waals surface area contributed by atoms with Crippen LogP contribution in [0.2, 0.25) is 0 Å². The number of hydrogen-bond donors (Lipinski definition) is 1. The maximum atomic E-state index is 13.5. The number of hydrogen-bond acceptors (Lipinski definition) is 6. The molecule has 1 aliphatic heterocycles. The van der Waals surface area contributed by atoms with Crippen molar-refractivity contribution in [1.82, 2.24) is 15.0 Å². The van der Waals surface area contributed by atoms with Gasteiger partial charge in [0.1, 0.15) is 23.7 Å². The first-order valence-corrected chi connectivity index (χ1v) is 9.09. The third kappa shape index (κ3) is 5.02. The number of amides is 2. The third-order valence-corrected chi connectivity index (χ3v) is 4.38. The summed E-state index contributed by atoms with van der Waals surface area (Å²) in [6.07, 6.45) is 3.78. The lowest BCUT2D eigenvalue weighted by Crippen LogP contribution is -2.28. The van der Waals surface area contributed by atoms with E-state index in [9.17, 15) is 18.4 Å². The first-order chi connectivity index (χ1) is 14.3. The molecule has 2 heterocycles. The minimum Gasteiger partial charge on any atom is -0.478 e. The number of rotatable bonds is 8. The number of nitrogens with zero attached hydrogens (tertiary/aromatic N) is 4. The number of carbonyl (C=O) groups excluding carboxylic acids is 2. The fraction of sp³-hybridized carbons (Fsp3) is 0.250. The van der Waals surface area contributed by atoms with Crippen LogP contribution in [-0.2, 0) is 4.79 Å². The first kappa shape index (κ1) is 21.0. The molecule has 1 aromatic carbocycles. The minimum absolute atomic E-state index is 0.0336. The summed E-state index contributed by atoms with van der Waals surface area (Å²) < 4.78 is 32.5. The largest absolute Gasteiger partial charge is 0.478 e. The fourth-order valence-corrected chi connectivity index (χ4v) is 2.94. The summed E-state index contributed by atoms with van der Waals surface area (Å²) in [5, 5.41) is 5.22. The van der Waals surface area contributed by atoms with Crippen molar-refractivity contribution in [1.29, 1.82) is 0 Å². The highest BCUT2D eigenvalue weighted by Crippen LogP contribution is 2.30. The molecule has 0 fully saturated rings. The zero-order valence-electron chi connectivity index (χ0n) is 15.9. The van der Waals surface area contributed by atoms with E-state index in [1.807, 2.05) is 0 Å². The van der Waals surface area contributed by atoms with Crippen molar-refractivity contribution in [3.05, 3.63) is 65.6 Å². The van der Waals surface area contributed by atoms with Crippen LogP contribution < -0.4 is 10.5 Å². The van der Waals surface area contributed by atoms with Crippen molar-refractivity contribution in [2.24, 2.45) is 10.8 Å². The van der Waals surface area contributed by atoms with Gasteiger partial charge in [-0.3, -0.25) is 9.59 Å². The van der Waals surface area contributed by atoms with Gasteiger partial charge in [-0.2, -0.15) is 5.10 Å². The topological polar surface area (TPSA) is 111 Å². The van der Waals surface area contributed by atoms with Crippen LogP contribution in [0, 0.1) is 11.6 Å². The molecule has 2 amide bonds. The predicted octanol–water partition coefficient (Wildman–Crippen LogP) is 2.53. The molecule has 3 rings (SSSR count). The Balaban J connectivity index is 1.54. The Kier molecular flexibility index (Phi) is 6.45. The van der Waals surface area contributed by atoms with Crippen molar-refractivity contribution in [2.75, 3.05) is 6.61 Å². The number of carbonyl (C=O) groups is 2. The first-order valence-electron chi connectivity index (χ1n) is 9.09. The summed E-state index contributed by atoms with van der Waals surface area (Å²) in [5.74, 6) is -2.38. The lowest BCUT2D eigenvalue weighted by Gasteiger charge is -2.23. The Bertz CT molecular complexity index is 991. The van der Waals surface area contributed by atoms with Gasteiger partial charge in [0.2, 0.25) is 5.88 Å². The quantitative estimate of drug-likeness (QED) is 0.526. The molecular weight excluding hydrogens is 396 g/mol. The molecule has 0 bridgehead atoms. The van der Waals surface area contributed by atoms with E-state index >= 15 is 0 Å². The third-order valence-electron chi connectivity index (χ3n) is 4.38. The number of ether oxygens (including phenoxy) is 1. The minimum atomic E-state index is -0.718. The SMILES string of the molecule is C=C(CCCOc1cc(C(N)=O)ncn1)C(=O)N1N=CCC1c1cc(F)cc(F)c1. The second kappa shape index (κ2) is 9.21. The standard InChI is InChI=1S/C20H19F2N5O3/c1-12(3-2-6-30-18-10-16(19(23)28)24-11-25-18)20(29)27-17(4-5-26-27)13-7-14(21)9-15(22)8-13/h5,7-11,17H,1-4,6H2,(H2,23,28). The average Bonchev–Trinajstić information content (AvgIpc) is 3.20. The summed E-state index contributed by atoms with van der Waals surface area (Å²) in [6.45, 7) is 4.00. The Morgan fingerprint density at radius 3 is 2.63 bits per heavy atom. The van der Waals surface area contributed by atoms with E-state index in [0.29, 0.717) is 24.8 Å². The Morgan fingerprint density at radius 1 is 1.20 bits per heavy atom. The van der Waals surface area contributed by atoms with Crippen LogP contribution in [0.5, 0.6) is 5.88 Å². The molecule has 156 valence electrons. The zero-order chi connectivity index (χ0) is 21.7. The lowest BCUT2D eigenvalue weighted by atomic mass is 10.0. The fourth-order valence-electron chi connectivity index (χ4n) is 2.94. The smallest absolute Gasteiger partial charge is 0.269 e. The number of primary amides is 1.